The van der Waals surface area contributed by atoms with Gasteiger partial charge in [-0.25, -0.2) is 0 Å². The van der Waals surface area contributed by atoms with Crippen molar-refractivity contribution in [2.24, 2.45) is 5.92 Å². The number of rotatable bonds is 4. The number of benzene rings is 1. The van der Waals surface area contributed by atoms with Gasteiger partial charge in [0.15, 0.2) is 0 Å². The molecule has 0 aromatic heterocycles. The topological polar surface area (TPSA) is 72.2 Å². The number of hydrogen-bond donors (Lipinski definition) is 1. The van der Waals surface area contributed by atoms with Gasteiger partial charge in [-0.3, -0.25) is 14.9 Å². The molecule has 1 N–H and O–H groups in total. The van der Waals surface area contributed by atoms with Crippen molar-refractivity contribution in [3.63, 3.8) is 0 Å². The number of halogens is 1. The molecule has 1 aliphatic rings. The Hall–Kier alpha value is -1.43. The van der Waals surface area contributed by atoms with Gasteiger partial charge in [-0.1, -0.05) is 32.3 Å². The third kappa shape index (κ3) is 3.61. The fraction of sp³-hybridized carbons (Fsp3) is 0.533. The van der Waals surface area contributed by atoms with Crippen molar-refractivity contribution in [2.45, 2.75) is 45.1 Å². The van der Waals surface area contributed by atoms with Crippen molar-refractivity contribution >= 4 is 27.5 Å². The molecule has 2 rings (SSSR count). The van der Waals surface area contributed by atoms with E-state index in [1.54, 1.807) is 6.07 Å². The molecule has 2 atom stereocenters. The van der Waals surface area contributed by atoms with Crippen molar-refractivity contribution in [1.29, 1.82) is 0 Å². The molecular formula is C15H19BrN2O3. The quantitative estimate of drug-likeness (QED) is 0.654. The lowest BCUT2D eigenvalue weighted by Gasteiger charge is -2.31. The summed E-state index contributed by atoms with van der Waals surface area (Å²) in [6.45, 7) is 2.14. The average Bonchev–Trinajstić information content (AvgIpc) is 2.47. The molecule has 21 heavy (non-hydrogen) atoms. The van der Waals surface area contributed by atoms with Gasteiger partial charge >= 0.3 is 0 Å². The molecule has 2 unspecified atom stereocenters. The molecular weight excluding hydrogens is 336 g/mol. The standard InChI is InChI=1S/C15H19BrN2O3/c1-2-10-6-3-4-8-12(10)17-15(19)11-7-5-9-13(14(11)16)18(20)21/h5,7,9-10,12H,2-4,6,8H2,1H3,(H,17,19). The molecule has 6 heteroatoms. The van der Waals surface area contributed by atoms with Crippen LogP contribution < -0.4 is 5.32 Å². The normalized spacial score (nSPS) is 21.8. The van der Waals surface area contributed by atoms with Crippen LogP contribution in [0.5, 0.6) is 0 Å². The maximum atomic E-state index is 12.4. The molecule has 0 radical (unpaired) electrons. The monoisotopic (exact) mass is 354 g/mol. The third-order valence-electron chi connectivity index (χ3n) is 4.17. The summed E-state index contributed by atoms with van der Waals surface area (Å²) in [5, 5.41) is 14.0. The first kappa shape index (κ1) is 15.9. The van der Waals surface area contributed by atoms with Gasteiger partial charge in [-0.15, -0.1) is 0 Å². The van der Waals surface area contributed by atoms with Crippen LogP contribution in [0.15, 0.2) is 22.7 Å². The number of hydrogen-bond acceptors (Lipinski definition) is 3. The molecule has 5 nitrogen and oxygen atoms in total. The molecule has 0 aliphatic heterocycles. The summed E-state index contributed by atoms with van der Waals surface area (Å²) in [5.74, 6) is 0.260. The van der Waals surface area contributed by atoms with E-state index in [-0.39, 0.29) is 22.1 Å². The zero-order valence-corrected chi connectivity index (χ0v) is 13.6. The average molecular weight is 355 g/mol. The summed E-state index contributed by atoms with van der Waals surface area (Å²) in [7, 11) is 0. The van der Waals surface area contributed by atoms with Crippen molar-refractivity contribution in [3.05, 3.63) is 38.3 Å². The second-order valence-electron chi connectivity index (χ2n) is 5.43. The van der Waals surface area contributed by atoms with Crippen LogP contribution in [0.25, 0.3) is 0 Å². The van der Waals surface area contributed by atoms with Crippen LogP contribution >= 0.6 is 15.9 Å². The van der Waals surface area contributed by atoms with Gasteiger partial charge in [-0.05, 0) is 40.8 Å². The highest BCUT2D eigenvalue weighted by Gasteiger charge is 2.27. The van der Waals surface area contributed by atoms with E-state index in [0.717, 1.165) is 25.7 Å². The van der Waals surface area contributed by atoms with Crippen molar-refractivity contribution < 1.29 is 9.72 Å². The number of nitrogens with one attached hydrogen (secondary N) is 1. The van der Waals surface area contributed by atoms with Gasteiger partial charge in [0.05, 0.1) is 10.5 Å². The number of nitro groups is 1. The highest BCUT2D eigenvalue weighted by atomic mass is 79.9. The molecule has 1 saturated carbocycles. The molecule has 0 bridgehead atoms. The van der Waals surface area contributed by atoms with Crippen LogP contribution in [-0.4, -0.2) is 16.9 Å². The van der Waals surface area contributed by atoms with E-state index in [1.165, 1.54) is 18.6 Å². The molecule has 0 heterocycles. The first-order chi connectivity index (χ1) is 10.0. The highest BCUT2D eigenvalue weighted by molar-refractivity contribution is 9.10. The zero-order chi connectivity index (χ0) is 15.4. The van der Waals surface area contributed by atoms with Crippen LogP contribution in [0.4, 0.5) is 5.69 Å². The van der Waals surface area contributed by atoms with Crippen LogP contribution in [0.2, 0.25) is 0 Å². The van der Waals surface area contributed by atoms with Gasteiger partial charge in [0.25, 0.3) is 11.6 Å². The second-order valence-corrected chi connectivity index (χ2v) is 6.22. The summed E-state index contributed by atoms with van der Waals surface area (Å²) in [5.41, 5.74) is 0.239. The predicted molar refractivity (Wildman–Crippen MR) is 84.3 cm³/mol. The van der Waals surface area contributed by atoms with Gasteiger partial charge in [0.1, 0.15) is 4.47 Å². The number of nitro benzene ring substituents is 1. The lowest BCUT2D eigenvalue weighted by molar-refractivity contribution is -0.385. The smallest absolute Gasteiger partial charge is 0.284 e. The summed E-state index contributed by atoms with van der Waals surface area (Å²) in [6, 6.07) is 4.70. The van der Waals surface area contributed by atoms with Gasteiger partial charge in [0.2, 0.25) is 0 Å². The third-order valence-corrected chi connectivity index (χ3v) is 5.00. The Morgan fingerprint density at radius 2 is 2.14 bits per heavy atom. The molecule has 1 amide bonds. The molecule has 0 saturated heterocycles. The Morgan fingerprint density at radius 3 is 2.81 bits per heavy atom. The second kappa shape index (κ2) is 7.02. The van der Waals surface area contributed by atoms with Crippen LogP contribution in [-0.2, 0) is 0 Å². The Labute approximate surface area is 132 Å². The maximum absolute atomic E-state index is 12.4. The van der Waals surface area contributed by atoms with E-state index in [0.29, 0.717) is 11.5 Å². The van der Waals surface area contributed by atoms with Gasteiger partial charge < -0.3 is 5.32 Å². The fourth-order valence-corrected chi connectivity index (χ4v) is 3.56. The first-order valence-electron chi connectivity index (χ1n) is 7.28. The van der Waals surface area contributed by atoms with E-state index in [4.69, 9.17) is 0 Å². The SMILES string of the molecule is CCC1CCCCC1NC(=O)c1cccc([N+](=O)[O-])c1Br. The van der Waals surface area contributed by atoms with Gasteiger partial charge in [-0.2, -0.15) is 0 Å². The molecule has 1 aromatic carbocycles. The largest absolute Gasteiger partial charge is 0.349 e. The van der Waals surface area contributed by atoms with Crippen LogP contribution in [0.3, 0.4) is 0 Å². The number of nitrogens with zero attached hydrogens (tertiary/aromatic N) is 1. The van der Waals surface area contributed by atoms with Crippen LogP contribution in [0.1, 0.15) is 49.4 Å². The maximum Gasteiger partial charge on any atom is 0.284 e. The minimum absolute atomic E-state index is 0.0849. The summed E-state index contributed by atoms with van der Waals surface area (Å²) >= 11 is 3.18. The summed E-state index contributed by atoms with van der Waals surface area (Å²) in [6.07, 6.45) is 5.50. The summed E-state index contributed by atoms with van der Waals surface area (Å²) < 4.78 is 0.247. The van der Waals surface area contributed by atoms with E-state index in [2.05, 4.69) is 28.2 Å². The molecule has 0 spiro atoms. The number of amides is 1. The Balaban J connectivity index is 2.17. The van der Waals surface area contributed by atoms with Crippen molar-refractivity contribution in [3.8, 4) is 0 Å². The minimum atomic E-state index is -0.490. The van der Waals surface area contributed by atoms with E-state index in [1.807, 2.05) is 0 Å². The lowest BCUT2D eigenvalue weighted by Crippen LogP contribution is -2.42. The van der Waals surface area contributed by atoms with Gasteiger partial charge in [0, 0.05) is 12.1 Å². The lowest BCUT2D eigenvalue weighted by atomic mass is 9.83. The number of carbonyl (C=O) groups is 1. The predicted octanol–water partition coefficient (Wildman–Crippen LogP) is 4.06. The molecule has 1 fully saturated rings. The number of carbonyl (C=O) groups excluding carboxylic acids is 1. The van der Waals surface area contributed by atoms with E-state index < -0.39 is 4.92 Å². The highest BCUT2D eigenvalue weighted by Crippen LogP contribution is 2.30. The Morgan fingerprint density at radius 1 is 1.43 bits per heavy atom. The minimum Gasteiger partial charge on any atom is -0.349 e. The molecule has 114 valence electrons. The first-order valence-corrected chi connectivity index (χ1v) is 8.07. The van der Waals surface area contributed by atoms with E-state index in [9.17, 15) is 14.9 Å². The Bertz CT molecular complexity index is 548. The van der Waals surface area contributed by atoms with Crippen molar-refractivity contribution in [1.82, 2.24) is 5.32 Å². The van der Waals surface area contributed by atoms with E-state index >= 15 is 0 Å². The summed E-state index contributed by atoms with van der Waals surface area (Å²) in [4.78, 5) is 22.8. The molecule has 1 aromatic rings. The Kier molecular flexibility index (Phi) is 5.33. The van der Waals surface area contributed by atoms with Crippen LogP contribution in [0, 0.1) is 16.0 Å². The van der Waals surface area contributed by atoms with Crippen molar-refractivity contribution in [2.75, 3.05) is 0 Å². The zero-order valence-electron chi connectivity index (χ0n) is 12.0. The fourth-order valence-electron chi connectivity index (χ4n) is 2.97. The molecule has 1 aliphatic carbocycles.